The molecule has 0 saturated carbocycles. The Morgan fingerprint density at radius 3 is 2.67 bits per heavy atom. The monoisotopic (exact) mass is 428 g/mol. The molecule has 1 fully saturated rings. The lowest BCUT2D eigenvalue weighted by Crippen LogP contribution is -2.37. The second-order valence-electron chi connectivity index (χ2n) is 5.90. The van der Waals surface area contributed by atoms with Crippen LogP contribution in [0.25, 0.3) is 0 Å². The minimum Gasteiger partial charge on any atom is -0.297 e. The normalized spacial score (nSPS) is 18.8. The van der Waals surface area contributed by atoms with E-state index in [0.717, 1.165) is 24.0 Å². The van der Waals surface area contributed by atoms with Gasteiger partial charge in [0.05, 0.1) is 5.02 Å². The van der Waals surface area contributed by atoms with Crippen LogP contribution in [0.4, 0.5) is 0 Å². The first-order chi connectivity index (χ1) is 11.4. The highest BCUT2D eigenvalue weighted by Crippen LogP contribution is 2.26. The van der Waals surface area contributed by atoms with Gasteiger partial charge in [0.1, 0.15) is 4.90 Å². The summed E-state index contributed by atoms with van der Waals surface area (Å²) < 4.78 is 28.6. The third-order valence-electron chi connectivity index (χ3n) is 4.03. The molecule has 0 aliphatic carbocycles. The Balaban J connectivity index is 1.64. The highest BCUT2D eigenvalue weighted by atomic mass is 79.9. The summed E-state index contributed by atoms with van der Waals surface area (Å²) in [4.78, 5) is 2.37. The summed E-state index contributed by atoms with van der Waals surface area (Å²) in [5.41, 5.74) is 1.23. The average Bonchev–Trinajstić information content (AvgIpc) is 2.94. The molecule has 0 spiro atoms. The molecule has 0 aromatic heterocycles. The van der Waals surface area contributed by atoms with Gasteiger partial charge in [0.25, 0.3) is 0 Å². The van der Waals surface area contributed by atoms with Gasteiger partial charge in [0.2, 0.25) is 10.0 Å². The third-order valence-corrected chi connectivity index (χ3v) is 6.52. The maximum Gasteiger partial charge on any atom is 0.242 e. The molecule has 2 aromatic carbocycles. The summed E-state index contributed by atoms with van der Waals surface area (Å²) in [6.45, 7) is 2.40. The van der Waals surface area contributed by atoms with Crippen LogP contribution >= 0.6 is 27.5 Å². The quantitative estimate of drug-likeness (QED) is 0.789. The molecular weight excluding hydrogens is 412 g/mol. The lowest BCUT2D eigenvalue weighted by molar-refractivity contribution is 0.324. The summed E-state index contributed by atoms with van der Waals surface area (Å²) in [7, 11) is -3.62. The van der Waals surface area contributed by atoms with Crippen LogP contribution in [0, 0.1) is 0 Å². The maximum absolute atomic E-state index is 12.6. The van der Waals surface area contributed by atoms with Gasteiger partial charge in [0, 0.05) is 30.1 Å². The SMILES string of the molecule is O=S(=O)(NC1CCN(Cc2ccccc2)C1)c1ccc(Br)cc1Cl. The fourth-order valence-electron chi connectivity index (χ4n) is 2.89. The topological polar surface area (TPSA) is 49.4 Å². The summed E-state index contributed by atoms with van der Waals surface area (Å²) in [5.74, 6) is 0. The molecule has 24 heavy (non-hydrogen) atoms. The number of rotatable bonds is 5. The van der Waals surface area contributed by atoms with Gasteiger partial charge >= 0.3 is 0 Å². The second-order valence-corrected chi connectivity index (χ2v) is 8.91. The predicted octanol–water partition coefficient (Wildman–Crippen LogP) is 3.66. The van der Waals surface area contributed by atoms with Crippen LogP contribution in [0.5, 0.6) is 0 Å². The highest BCUT2D eigenvalue weighted by molar-refractivity contribution is 9.10. The zero-order chi connectivity index (χ0) is 17.2. The van der Waals surface area contributed by atoms with Crippen LogP contribution in [0.2, 0.25) is 5.02 Å². The minimum atomic E-state index is -3.62. The molecule has 4 nitrogen and oxygen atoms in total. The van der Waals surface area contributed by atoms with E-state index in [4.69, 9.17) is 11.6 Å². The van der Waals surface area contributed by atoms with E-state index in [1.165, 1.54) is 11.6 Å². The first-order valence-electron chi connectivity index (χ1n) is 7.68. The number of nitrogens with zero attached hydrogens (tertiary/aromatic N) is 1. The lowest BCUT2D eigenvalue weighted by Gasteiger charge is -2.17. The van der Waals surface area contributed by atoms with Crippen molar-refractivity contribution in [3.63, 3.8) is 0 Å². The van der Waals surface area contributed by atoms with Crippen LogP contribution in [-0.4, -0.2) is 32.4 Å². The number of hydrogen-bond donors (Lipinski definition) is 1. The average molecular weight is 430 g/mol. The first kappa shape index (κ1) is 17.9. The fourth-order valence-corrected chi connectivity index (χ4v) is 5.19. The maximum atomic E-state index is 12.6. The van der Waals surface area contributed by atoms with Gasteiger partial charge in [-0.1, -0.05) is 57.9 Å². The molecular formula is C17H18BrClN2O2S. The molecule has 1 aliphatic heterocycles. The molecule has 2 aromatic rings. The van der Waals surface area contributed by atoms with Gasteiger partial charge in [-0.3, -0.25) is 4.90 Å². The van der Waals surface area contributed by atoms with Crippen molar-refractivity contribution < 1.29 is 8.42 Å². The van der Waals surface area contributed by atoms with Gasteiger partial charge in [-0.2, -0.15) is 0 Å². The van der Waals surface area contributed by atoms with Crippen LogP contribution in [-0.2, 0) is 16.6 Å². The van der Waals surface area contributed by atoms with Crippen molar-refractivity contribution in [3.05, 3.63) is 63.6 Å². The van der Waals surface area contributed by atoms with Crippen molar-refractivity contribution in [1.29, 1.82) is 0 Å². The molecule has 1 heterocycles. The van der Waals surface area contributed by atoms with E-state index in [9.17, 15) is 8.42 Å². The van der Waals surface area contributed by atoms with E-state index in [2.05, 4.69) is 37.7 Å². The Bertz CT molecular complexity index is 815. The second kappa shape index (κ2) is 7.54. The number of sulfonamides is 1. The summed E-state index contributed by atoms with van der Waals surface area (Å²) in [6, 6.07) is 14.9. The number of nitrogens with one attached hydrogen (secondary N) is 1. The number of halogens is 2. The smallest absolute Gasteiger partial charge is 0.242 e. The van der Waals surface area contributed by atoms with Gasteiger partial charge in [-0.25, -0.2) is 13.1 Å². The van der Waals surface area contributed by atoms with Crippen LogP contribution < -0.4 is 4.72 Å². The summed E-state index contributed by atoms with van der Waals surface area (Å²) >= 11 is 9.36. The highest BCUT2D eigenvalue weighted by Gasteiger charge is 2.28. The number of hydrogen-bond acceptors (Lipinski definition) is 3. The van der Waals surface area contributed by atoms with E-state index in [-0.39, 0.29) is 16.0 Å². The lowest BCUT2D eigenvalue weighted by atomic mass is 10.2. The van der Waals surface area contributed by atoms with Crippen molar-refractivity contribution in [1.82, 2.24) is 9.62 Å². The Kier molecular flexibility index (Phi) is 5.62. The van der Waals surface area contributed by atoms with Gasteiger partial charge in [-0.15, -0.1) is 0 Å². The van der Waals surface area contributed by atoms with Gasteiger partial charge < -0.3 is 0 Å². The van der Waals surface area contributed by atoms with Crippen molar-refractivity contribution in [2.75, 3.05) is 13.1 Å². The largest absolute Gasteiger partial charge is 0.297 e. The molecule has 1 saturated heterocycles. The number of likely N-dealkylation sites (tertiary alicyclic amines) is 1. The van der Waals surface area contributed by atoms with Crippen molar-refractivity contribution in [2.45, 2.75) is 23.9 Å². The third kappa shape index (κ3) is 4.37. The molecule has 0 bridgehead atoms. The van der Waals surface area contributed by atoms with Crippen molar-refractivity contribution in [2.24, 2.45) is 0 Å². The van der Waals surface area contributed by atoms with E-state index in [1.54, 1.807) is 12.1 Å². The first-order valence-corrected chi connectivity index (χ1v) is 10.3. The molecule has 3 rings (SSSR count). The molecule has 1 aliphatic rings. The molecule has 1 N–H and O–H groups in total. The fraction of sp³-hybridized carbons (Fsp3) is 0.294. The molecule has 0 radical (unpaired) electrons. The van der Waals surface area contributed by atoms with Gasteiger partial charge in [0.15, 0.2) is 0 Å². The predicted molar refractivity (Wildman–Crippen MR) is 99.6 cm³/mol. The molecule has 128 valence electrons. The molecule has 0 amide bonds. The molecule has 7 heteroatoms. The zero-order valence-corrected chi connectivity index (χ0v) is 16.1. The molecule has 1 unspecified atom stereocenters. The van der Waals surface area contributed by atoms with E-state index in [0.29, 0.717) is 6.54 Å². The van der Waals surface area contributed by atoms with Crippen LogP contribution in [0.15, 0.2) is 57.9 Å². The Labute approximate surface area is 156 Å². The summed E-state index contributed by atoms with van der Waals surface area (Å²) in [5, 5.41) is 0.219. The number of benzene rings is 2. The van der Waals surface area contributed by atoms with E-state index >= 15 is 0 Å². The van der Waals surface area contributed by atoms with Crippen molar-refractivity contribution >= 4 is 37.6 Å². The van der Waals surface area contributed by atoms with E-state index < -0.39 is 10.0 Å². The van der Waals surface area contributed by atoms with Crippen molar-refractivity contribution in [3.8, 4) is 0 Å². The minimum absolute atomic E-state index is 0.0987. The molecule has 1 atom stereocenters. The standard InChI is InChI=1S/C17H18BrClN2O2S/c18-14-6-7-17(16(19)10-14)24(22,23)20-15-8-9-21(12-15)11-13-4-2-1-3-5-13/h1-7,10,15,20H,8-9,11-12H2. The summed E-state index contributed by atoms with van der Waals surface area (Å²) in [6.07, 6.45) is 0.792. The Morgan fingerprint density at radius 2 is 1.96 bits per heavy atom. The Morgan fingerprint density at radius 1 is 1.21 bits per heavy atom. The van der Waals surface area contributed by atoms with Crippen LogP contribution in [0.3, 0.4) is 0 Å². The van der Waals surface area contributed by atoms with Crippen LogP contribution in [0.1, 0.15) is 12.0 Å². The van der Waals surface area contributed by atoms with Gasteiger partial charge in [-0.05, 0) is 30.2 Å². The van der Waals surface area contributed by atoms with E-state index in [1.807, 2.05) is 18.2 Å². The Hall–Kier alpha value is -0.920. The zero-order valence-electron chi connectivity index (χ0n) is 13.0.